The fourth-order valence-electron chi connectivity index (χ4n) is 3.48. The van der Waals surface area contributed by atoms with Gasteiger partial charge in [-0.05, 0) is 42.7 Å². The van der Waals surface area contributed by atoms with Gasteiger partial charge in [0.05, 0.1) is 35.4 Å². The lowest BCUT2D eigenvalue weighted by Crippen LogP contribution is -2.30. The van der Waals surface area contributed by atoms with E-state index < -0.39 is 0 Å². The highest BCUT2D eigenvalue weighted by Crippen LogP contribution is 2.29. The van der Waals surface area contributed by atoms with Gasteiger partial charge in [-0.25, -0.2) is 9.97 Å². The van der Waals surface area contributed by atoms with Crippen LogP contribution in [0.25, 0.3) is 11.0 Å². The molecule has 0 spiro atoms. The number of para-hydroxylation sites is 2. The van der Waals surface area contributed by atoms with Gasteiger partial charge in [0.1, 0.15) is 12.4 Å². The molecule has 0 saturated heterocycles. The Balaban J connectivity index is 1.52. The number of amides is 1. The molecule has 166 valence electrons. The van der Waals surface area contributed by atoms with Crippen LogP contribution in [0.4, 0.5) is 0 Å². The van der Waals surface area contributed by atoms with Gasteiger partial charge < -0.3 is 19.8 Å². The zero-order chi connectivity index (χ0) is 22.5. The molecule has 2 heterocycles. The van der Waals surface area contributed by atoms with Gasteiger partial charge in [-0.1, -0.05) is 26.0 Å². The number of hydrogen-bond acceptors (Lipinski definition) is 6. The molecule has 0 bridgehead atoms. The number of hydrogen-bond donors (Lipinski definition) is 2. The summed E-state index contributed by atoms with van der Waals surface area (Å²) < 4.78 is 11.3. The predicted molar refractivity (Wildman–Crippen MR) is 125 cm³/mol. The van der Waals surface area contributed by atoms with E-state index >= 15 is 0 Å². The maximum Gasteiger partial charge on any atom is 0.252 e. The Kier molecular flexibility index (Phi) is 6.70. The first kappa shape index (κ1) is 21.8. The third kappa shape index (κ3) is 5.08. The summed E-state index contributed by atoms with van der Waals surface area (Å²) in [6.45, 7) is 4.59. The van der Waals surface area contributed by atoms with Crippen LogP contribution in [-0.2, 0) is 6.61 Å². The highest BCUT2D eigenvalue weighted by atomic mass is 32.1. The number of fused-ring (bicyclic) bond motifs is 1. The minimum absolute atomic E-state index is 0.194. The molecule has 0 aliphatic heterocycles. The number of nitrogens with one attached hydrogen (secondary N) is 2. The van der Waals surface area contributed by atoms with Crippen LogP contribution in [0.2, 0.25) is 0 Å². The molecule has 4 aromatic rings. The van der Waals surface area contributed by atoms with Crippen LogP contribution in [0.1, 0.15) is 48.2 Å². The van der Waals surface area contributed by atoms with Crippen LogP contribution in [0.15, 0.2) is 53.4 Å². The van der Waals surface area contributed by atoms with Crippen LogP contribution in [0.3, 0.4) is 0 Å². The quantitative estimate of drug-likeness (QED) is 0.369. The Morgan fingerprint density at radius 2 is 2.03 bits per heavy atom. The monoisotopic (exact) mass is 450 g/mol. The molecule has 2 N–H and O–H groups in total. The minimum Gasteiger partial charge on any atom is -0.493 e. The SMILES string of the molecule is COc1cc(C(=O)NC(CC(C)C)c2nc3ccccc3[nH]2)ccc1OCc1cscn1. The first-order valence-corrected chi connectivity index (χ1v) is 11.4. The van der Waals surface area contributed by atoms with E-state index in [9.17, 15) is 4.79 Å². The number of rotatable bonds is 9. The fourth-order valence-corrected chi connectivity index (χ4v) is 4.02. The van der Waals surface area contributed by atoms with E-state index in [-0.39, 0.29) is 11.9 Å². The molecule has 0 aliphatic carbocycles. The zero-order valence-corrected chi connectivity index (χ0v) is 19.1. The summed E-state index contributed by atoms with van der Waals surface area (Å²) in [5.74, 6) is 2.00. The van der Waals surface area contributed by atoms with Crippen molar-refractivity contribution in [1.82, 2.24) is 20.3 Å². The number of methoxy groups -OCH3 is 1. The van der Waals surface area contributed by atoms with E-state index in [2.05, 4.69) is 34.1 Å². The molecular weight excluding hydrogens is 424 g/mol. The molecule has 0 radical (unpaired) electrons. The van der Waals surface area contributed by atoms with E-state index in [0.29, 0.717) is 29.6 Å². The number of benzene rings is 2. The molecule has 0 saturated carbocycles. The Morgan fingerprint density at radius 3 is 2.75 bits per heavy atom. The van der Waals surface area contributed by atoms with Gasteiger partial charge in [-0.2, -0.15) is 0 Å². The standard InChI is InChI=1S/C24H26N4O3S/c1-15(2)10-20(23-26-18-6-4-5-7-19(18)27-23)28-24(29)16-8-9-21(22(11-16)30-3)31-12-17-13-32-14-25-17/h4-9,11,13-15,20H,10,12H2,1-3H3,(H,26,27)(H,28,29). The number of imidazole rings is 1. The number of carbonyl (C=O) groups excluding carboxylic acids is 1. The second kappa shape index (κ2) is 9.82. The topological polar surface area (TPSA) is 89.1 Å². The second-order valence-corrected chi connectivity index (χ2v) is 8.65. The van der Waals surface area contributed by atoms with Gasteiger partial charge >= 0.3 is 0 Å². The van der Waals surface area contributed by atoms with E-state index in [1.54, 1.807) is 30.8 Å². The average Bonchev–Trinajstić information content (AvgIpc) is 3.46. The first-order chi connectivity index (χ1) is 15.5. The van der Waals surface area contributed by atoms with Crippen LogP contribution in [0, 0.1) is 5.92 Å². The van der Waals surface area contributed by atoms with E-state index in [1.807, 2.05) is 29.6 Å². The van der Waals surface area contributed by atoms with Crippen molar-refractivity contribution < 1.29 is 14.3 Å². The van der Waals surface area contributed by atoms with Crippen LogP contribution in [-0.4, -0.2) is 28.0 Å². The average molecular weight is 451 g/mol. The van der Waals surface area contributed by atoms with Crippen LogP contribution >= 0.6 is 11.3 Å². The normalized spacial score (nSPS) is 12.1. The summed E-state index contributed by atoms with van der Waals surface area (Å²) in [6, 6.07) is 12.8. The number of nitrogens with zero attached hydrogens (tertiary/aromatic N) is 2. The molecule has 1 atom stereocenters. The maximum absolute atomic E-state index is 13.1. The number of carbonyl (C=O) groups is 1. The van der Waals surface area contributed by atoms with E-state index in [4.69, 9.17) is 9.47 Å². The predicted octanol–water partition coefficient (Wildman–Crippen LogP) is 5.12. The Morgan fingerprint density at radius 1 is 1.19 bits per heavy atom. The third-order valence-electron chi connectivity index (χ3n) is 5.04. The molecular formula is C24H26N4O3S. The summed E-state index contributed by atoms with van der Waals surface area (Å²) >= 11 is 1.52. The number of ether oxygens (including phenoxy) is 2. The molecule has 7 nitrogen and oxygen atoms in total. The summed E-state index contributed by atoms with van der Waals surface area (Å²) in [7, 11) is 1.56. The van der Waals surface area contributed by atoms with Crippen LogP contribution in [0.5, 0.6) is 11.5 Å². The number of thiazole rings is 1. The summed E-state index contributed by atoms with van der Waals surface area (Å²) in [5, 5.41) is 5.06. The summed E-state index contributed by atoms with van der Waals surface area (Å²) in [4.78, 5) is 25.3. The Labute approximate surface area is 190 Å². The third-order valence-corrected chi connectivity index (χ3v) is 5.67. The maximum atomic E-state index is 13.1. The van der Waals surface area contributed by atoms with Crippen LogP contribution < -0.4 is 14.8 Å². The van der Waals surface area contributed by atoms with Crippen molar-refractivity contribution in [2.45, 2.75) is 32.9 Å². The van der Waals surface area contributed by atoms with E-state index in [0.717, 1.165) is 29.0 Å². The molecule has 32 heavy (non-hydrogen) atoms. The molecule has 2 aromatic heterocycles. The largest absolute Gasteiger partial charge is 0.493 e. The van der Waals surface area contributed by atoms with Crippen molar-refractivity contribution in [3.8, 4) is 11.5 Å². The van der Waals surface area contributed by atoms with Crippen molar-refractivity contribution >= 4 is 28.3 Å². The van der Waals surface area contributed by atoms with Gasteiger partial charge in [0.25, 0.3) is 5.91 Å². The van der Waals surface area contributed by atoms with Crippen molar-refractivity contribution in [3.63, 3.8) is 0 Å². The molecule has 1 amide bonds. The number of aromatic amines is 1. The first-order valence-electron chi connectivity index (χ1n) is 10.5. The van der Waals surface area contributed by atoms with Gasteiger partial charge in [-0.15, -0.1) is 11.3 Å². The lowest BCUT2D eigenvalue weighted by Gasteiger charge is -2.19. The van der Waals surface area contributed by atoms with E-state index in [1.165, 1.54) is 11.3 Å². The number of aromatic nitrogens is 3. The molecule has 2 aromatic carbocycles. The van der Waals surface area contributed by atoms with Crippen molar-refractivity contribution in [2.24, 2.45) is 5.92 Å². The van der Waals surface area contributed by atoms with Gasteiger partial charge in [-0.3, -0.25) is 4.79 Å². The van der Waals surface area contributed by atoms with Crippen molar-refractivity contribution in [2.75, 3.05) is 7.11 Å². The minimum atomic E-state index is -0.235. The molecule has 4 rings (SSSR count). The Bertz CT molecular complexity index is 1150. The lowest BCUT2D eigenvalue weighted by molar-refractivity contribution is 0.0929. The van der Waals surface area contributed by atoms with Crippen molar-refractivity contribution in [1.29, 1.82) is 0 Å². The lowest BCUT2D eigenvalue weighted by atomic mass is 10.0. The molecule has 8 heteroatoms. The Hall–Kier alpha value is -3.39. The zero-order valence-electron chi connectivity index (χ0n) is 18.3. The van der Waals surface area contributed by atoms with Crippen molar-refractivity contribution in [3.05, 3.63) is 70.4 Å². The molecule has 0 fully saturated rings. The summed E-state index contributed by atoms with van der Waals surface area (Å²) in [6.07, 6.45) is 0.761. The highest BCUT2D eigenvalue weighted by Gasteiger charge is 2.21. The molecule has 1 unspecified atom stereocenters. The smallest absolute Gasteiger partial charge is 0.252 e. The van der Waals surface area contributed by atoms with Gasteiger partial charge in [0.2, 0.25) is 0 Å². The molecule has 0 aliphatic rings. The number of H-pyrrole nitrogens is 1. The second-order valence-electron chi connectivity index (χ2n) is 7.93. The highest BCUT2D eigenvalue weighted by molar-refractivity contribution is 7.07. The summed E-state index contributed by atoms with van der Waals surface area (Å²) in [5.41, 5.74) is 4.94. The fraction of sp³-hybridized carbons (Fsp3) is 0.292. The van der Waals surface area contributed by atoms with Gasteiger partial charge in [0, 0.05) is 10.9 Å². The van der Waals surface area contributed by atoms with Gasteiger partial charge in [0.15, 0.2) is 11.5 Å².